The van der Waals surface area contributed by atoms with Crippen molar-refractivity contribution < 1.29 is 17.6 Å². The molecule has 8 nitrogen and oxygen atoms in total. The molecule has 136 valence electrons. The average molecular weight is 373 g/mol. The van der Waals surface area contributed by atoms with E-state index >= 15 is 0 Å². The van der Waals surface area contributed by atoms with Crippen molar-refractivity contribution in [3.8, 4) is 22.7 Å². The molecule has 4 aromatic heterocycles. The lowest BCUT2D eigenvalue weighted by Crippen LogP contribution is -2.02. The third-order valence-corrected chi connectivity index (χ3v) is 3.58. The van der Waals surface area contributed by atoms with Crippen molar-refractivity contribution in [2.75, 3.05) is 0 Å². The van der Waals surface area contributed by atoms with Crippen LogP contribution >= 0.6 is 0 Å². The molecule has 0 N–H and O–H groups in total. The van der Waals surface area contributed by atoms with E-state index in [2.05, 4.69) is 30.5 Å². The van der Waals surface area contributed by atoms with Crippen molar-refractivity contribution in [1.29, 1.82) is 0 Å². The van der Waals surface area contributed by atoms with E-state index in [-0.39, 0.29) is 5.89 Å². The number of halogens is 3. The lowest BCUT2D eigenvalue weighted by Gasteiger charge is -2.01. The Kier molecular flexibility index (Phi) is 4.32. The Morgan fingerprint density at radius 2 is 1.93 bits per heavy atom. The SMILES string of the molecule is Fc1cc(-c2cn(Cc3ccc(-c4nnc(C(F)F)o4)cn3)nn2)ccn1. The highest BCUT2D eigenvalue weighted by atomic mass is 19.3. The molecular weight excluding hydrogens is 363 g/mol. The van der Waals surface area contributed by atoms with E-state index in [4.69, 9.17) is 4.42 Å². The molecule has 0 aliphatic heterocycles. The van der Waals surface area contributed by atoms with Gasteiger partial charge in [-0.1, -0.05) is 5.21 Å². The Hall–Kier alpha value is -3.63. The first-order chi connectivity index (χ1) is 13.1. The number of hydrogen-bond acceptors (Lipinski definition) is 7. The Labute approximate surface area is 149 Å². The first-order valence-corrected chi connectivity index (χ1v) is 7.67. The van der Waals surface area contributed by atoms with Crippen LogP contribution in [-0.2, 0) is 6.54 Å². The van der Waals surface area contributed by atoms with Gasteiger partial charge in [-0.05, 0) is 18.2 Å². The number of nitrogens with zero attached hydrogens (tertiary/aromatic N) is 7. The minimum atomic E-state index is -2.83. The number of aromatic nitrogens is 7. The highest BCUT2D eigenvalue weighted by Crippen LogP contribution is 2.23. The summed E-state index contributed by atoms with van der Waals surface area (Å²) in [6, 6.07) is 6.19. The van der Waals surface area contributed by atoms with Gasteiger partial charge in [-0.25, -0.2) is 9.67 Å². The van der Waals surface area contributed by atoms with Gasteiger partial charge in [-0.2, -0.15) is 13.2 Å². The maximum atomic E-state index is 13.2. The molecule has 0 atom stereocenters. The molecule has 0 spiro atoms. The molecule has 27 heavy (non-hydrogen) atoms. The summed E-state index contributed by atoms with van der Waals surface area (Å²) in [7, 11) is 0. The van der Waals surface area contributed by atoms with Gasteiger partial charge in [0.15, 0.2) is 0 Å². The van der Waals surface area contributed by atoms with Gasteiger partial charge in [0, 0.05) is 24.0 Å². The van der Waals surface area contributed by atoms with Crippen LogP contribution in [0.25, 0.3) is 22.7 Å². The Morgan fingerprint density at radius 1 is 1.04 bits per heavy atom. The summed E-state index contributed by atoms with van der Waals surface area (Å²) in [6.45, 7) is 0.312. The van der Waals surface area contributed by atoms with Gasteiger partial charge < -0.3 is 4.42 Å². The first kappa shape index (κ1) is 16.8. The van der Waals surface area contributed by atoms with Crippen LogP contribution in [0, 0.1) is 5.95 Å². The standard InChI is InChI=1S/C16H10F3N7O/c17-13-5-9(3-4-20-13)12-8-26(25-22-12)7-11-2-1-10(6-21-11)15-23-24-16(27-15)14(18)19/h1-6,8,14H,7H2. The summed E-state index contributed by atoms with van der Waals surface area (Å²) < 4.78 is 44.6. The van der Waals surface area contributed by atoms with Gasteiger partial charge in [0.05, 0.1) is 24.0 Å². The highest BCUT2D eigenvalue weighted by molar-refractivity contribution is 5.56. The smallest absolute Gasteiger partial charge is 0.314 e. The molecule has 0 unspecified atom stereocenters. The van der Waals surface area contributed by atoms with Crippen molar-refractivity contribution in [2.24, 2.45) is 0 Å². The first-order valence-electron chi connectivity index (χ1n) is 7.67. The molecule has 4 aromatic rings. The van der Waals surface area contributed by atoms with Crippen LogP contribution in [0.1, 0.15) is 18.0 Å². The Morgan fingerprint density at radius 3 is 2.63 bits per heavy atom. The molecule has 0 fully saturated rings. The molecule has 0 aliphatic rings. The van der Waals surface area contributed by atoms with Crippen LogP contribution in [-0.4, -0.2) is 35.2 Å². The Balaban J connectivity index is 1.49. The fourth-order valence-electron chi connectivity index (χ4n) is 2.32. The second kappa shape index (κ2) is 6.94. The molecule has 4 heterocycles. The zero-order valence-electron chi connectivity index (χ0n) is 13.5. The minimum absolute atomic E-state index is 0.0351. The van der Waals surface area contributed by atoms with Gasteiger partial charge in [-0.15, -0.1) is 15.3 Å². The third-order valence-electron chi connectivity index (χ3n) is 3.58. The predicted octanol–water partition coefficient (Wildman–Crippen LogP) is 2.91. The van der Waals surface area contributed by atoms with Crippen molar-refractivity contribution in [2.45, 2.75) is 13.0 Å². The summed E-state index contributed by atoms with van der Waals surface area (Å²) in [4.78, 5) is 7.72. The molecule has 0 saturated heterocycles. The van der Waals surface area contributed by atoms with E-state index in [1.165, 1.54) is 23.1 Å². The van der Waals surface area contributed by atoms with Gasteiger partial charge in [0.25, 0.3) is 5.89 Å². The van der Waals surface area contributed by atoms with E-state index in [0.717, 1.165) is 0 Å². The molecule has 11 heteroatoms. The van der Waals surface area contributed by atoms with E-state index in [0.29, 0.717) is 29.1 Å². The fourth-order valence-corrected chi connectivity index (χ4v) is 2.32. The van der Waals surface area contributed by atoms with Crippen LogP contribution in [0.2, 0.25) is 0 Å². The third kappa shape index (κ3) is 3.66. The van der Waals surface area contributed by atoms with Crippen molar-refractivity contribution in [3.63, 3.8) is 0 Å². The van der Waals surface area contributed by atoms with E-state index in [9.17, 15) is 13.2 Å². The summed E-state index contributed by atoms with van der Waals surface area (Å²) in [5, 5.41) is 14.8. The molecule has 4 rings (SSSR count). The monoisotopic (exact) mass is 373 g/mol. The van der Waals surface area contributed by atoms with Gasteiger partial charge in [-0.3, -0.25) is 4.98 Å². The minimum Gasteiger partial charge on any atom is -0.415 e. The van der Waals surface area contributed by atoms with E-state index in [1.807, 2.05) is 0 Å². The molecule has 0 saturated carbocycles. The number of rotatable bonds is 5. The number of alkyl halides is 2. The Bertz CT molecular complexity index is 1060. The largest absolute Gasteiger partial charge is 0.415 e. The topological polar surface area (TPSA) is 95.4 Å². The van der Waals surface area contributed by atoms with Gasteiger partial charge in [0.2, 0.25) is 11.8 Å². The quantitative estimate of drug-likeness (QED) is 0.496. The number of hydrogen-bond donors (Lipinski definition) is 0. The lowest BCUT2D eigenvalue weighted by molar-refractivity contribution is 0.116. The zero-order valence-corrected chi connectivity index (χ0v) is 13.5. The second-order valence-corrected chi connectivity index (χ2v) is 5.45. The van der Waals surface area contributed by atoms with Crippen molar-refractivity contribution >= 4 is 0 Å². The lowest BCUT2D eigenvalue weighted by atomic mass is 10.2. The summed E-state index contributed by atoms with van der Waals surface area (Å²) in [5.41, 5.74) is 2.12. The highest BCUT2D eigenvalue weighted by Gasteiger charge is 2.17. The van der Waals surface area contributed by atoms with Crippen LogP contribution in [0.5, 0.6) is 0 Å². The molecule has 0 radical (unpaired) electrons. The predicted molar refractivity (Wildman–Crippen MR) is 84.8 cm³/mol. The zero-order chi connectivity index (χ0) is 18.8. The van der Waals surface area contributed by atoms with Crippen molar-refractivity contribution in [3.05, 3.63) is 60.4 Å². The van der Waals surface area contributed by atoms with Crippen molar-refractivity contribution in [1.82, 2.24) is 35.2 Å². The normalized spacial score (nSPS) is 11.3. The molecule has 0 aliphatic carbocycles. The molecule has 0 bridgehead atoms. The van der Waals surface area contributed by atoms with Crippen LogP contribution < -0.4 is 0 Å². The fraction of sp³-hybridized carbons (Fsp3) is 0.125. The maximum Gasteiger partial charge on any atom is 0.314 e. The van der Waals surface area contributed by atoms with Gasteiger partial charge in [0.1, 0.15) is 5.69 Å². The molecular formula is C16H10F3N7O. The molecule has 0 amide bonds. The van der Waals surface area contributed by atoms with Crippen LogP contribution in [0.4, 0.5) is 13.2 Å². The van der Waals surface area contributed by atoms with Crippen LogP contribution in [0.3, 0.4) is 0 Å². The maximum absolute atomic E-state index is 13.2. The molecule has 0 aromatic carbocycles. The summed E-state index contributed by atoms with van der Waals surface area (Å²) in [5.74, 6) is -1.38. The van der Waals surface area contributed by atoms with Gasteiger partial charge >= 0.3 is 6.43 Å². The van der Waals surface area contributed by atoms with E-state index in [1.54, 1.807) is 24.4 Å². The second-order valence-electron chi connectivity index (χ2n) is 5.45. The van der Waals surface area contributed by atoms with E-state index < -0.39 is 18.3 Å². The summed E-state index contributed by atoms with van der Waals surface area (Å²) in [6.07, 6.45) is 1.61. The average Bonchev–Trinajstić information content (AvgIpc) is 3.32. The summed E-state index contributed by atoms with van der Waals surface area (Å²) >= 11 is 0. The van der Waals surface area contributed by atoms with Crippen LogP contribution in [0.15, 0.2) is 47.3 Å². The number of pyridine rings is 2.